The quantitative estimate of drug-likeness (QED) is 0.589. The summed E-state index contributed by atoms with van der Waals surface area (Å²) in [5.41, 5.74) is 3.73. The first-order valence-corrected chi connectivity index (χ1v) is 8.92. The summed E-state index contributed by atoms with van der Waals surface area (Å²) in [6.45, 7) is 6.64. The number of phenols is 1. The fourth-order valence-electron chi connectivity index (χ4n) is 2.56. The summed E-state index contributed by atoms with van der Waals surface area (Å²) in [6.07, 6.45) is 0. The molecule has 0 aliphatic heterocycles. The van der Waals surface area contributed by atoms with Crippen LogP contribution in [-0.4, -0.2) is 5.11 Å². The molecule has 0 spiro atoms. The summed E-state index contributed by atoms with van der Waals surface area (Å²) in [6, 6.07) is 24.6. The van der Waals surface area contributed by atoms with Crippen molar-refractivity contribution in [1.82, 2.24) is 0 Å². The molecular formula is C22H22OS. The van der Waals surface area contributed by atoms with E-state index in [0.717, 1.165) is 20.9 Å². The largest absolute Gasteiger partial charge is 0.507 e. The van der Waals surface area contributed by atoms with E-state index in [0.29, 0.717) is 5.75 Å². The minimum Gasteiger partial charge on any atom is -0.507 e. The third kappa shape index (κ3) is 3.82. The molecule has 2 heteroatoms. The topological polar surface area (TPSA) is 20.2 Å². The monoisotopic (exact) mass is 334 g/mol. The summed E-state index contributed by atoms with van der Waals surface area (Å²) < 4.78 is 0. The molecule has 0 heterocycles. The molecule has 122 valence electrons. The van der Waals surface area contributed by atoms with Gasteiger partial charge in [-0.05, 0) is 46.4 Å². The van der Waals surface area contributed by atoms with E-state index in [1.165, 1.54) is 5.56 Å². The Balaban J connectivity index is 1.87. The van der Waals surface area contributed by atoms with Crippen molar-refractivity contribution in [2.75, 3.05) is 0 Å². The van der Waals surface area contributed by atoms with Crippen molar-refractivity contribution in [2.45, 2.75) is 36.0 Å². The lowest BCUT2D eigenvalue weighted by Gasteiger charge is -2.19. The Morgan fingerprint density at radius 2 is 1.42 bits per heavy atom. The van der Waals surface area contributed by atoms with Crippen molar-refractivity contribution in [3.8, 4) is 16.9 Å². The van der Waals surface area contributed by atoms with Crippen molar-refractivity contribution < 1.29 is 5.11 Å². The highest BCUT2D eigenvalue weighted by atomic mass is 32.2. The second kappa shape index (κ2) is 6.74. The fourth-order valence-corrected chi connectivity index (χ4v) is 3.44. The Hall–Kier alpha value is -2.19. The normalized spacial score (nSPS) is 11.5. The van der Waals surface area contributed by atoms with E-state index in [1.54, 1.807) is 17.8 Å². The van der Waals surface area contributed by atoms with E-state index >= 15 is 0 Å². The SMILES string of the molecule is CC(C)(C)c1ccc(Sc2cc(-c3ccccc3)ccc2O)cc1. The molecule has 0 amide bonds. The molecule has 0 atom stereocenters. The first-order chi connectivity index (χ1) is 11.4. The van der Waals surface area contributed by atoms with E-state index in [4.69, 9.17) is 0 Å². The Morgan fingerprint density at radius 1 is 0.750 bits per heavy atom. The zero-order chi connectivity index (χ0) is 17.2. The zero-order valence-corrected chi connectivity index (χ0v) is 15.1. The van der Waals surface area contributed by atoms with Crippen molar-refractivity contribution >= 4 is 11.8 Å². The maximum absolute atomic E-state index is 10.2. The second-order valence-corrected chi connectivity index (χ2v) is 8.04. The van der Waals surface area contributed by atoms with E-state index in [9.17, 15) is 5.11 Å². The molecule has 0 radical (unpaired) electrons. The summed E-state index contributed by atoms with van der Waals surface area (Å²) in [7, 11) is 0. The van der Waals surface area contributed by atoms with E-state index in [1.807, 2.05) is 30.3 Å². The average molecular weight is 334 g/mol. The standard InChI is InChI=1S/C22H22OS/c1-22(2,3)18-10-12-19(13-11-18)24-21-15-17(9-14-20(21)23)16-7-5-4-6-8-16/h4-15,23H,1-3H3. The fraction of sp³-hybridized carbons (Fsp3) is 0.182. The van der Waals surface area contributed by atoms with Gasteiger partial charge in [0.2, 0.25) is 0 Å². The summed E-state index contributed by atoms with van der Waals surface area (Å²) >= 11 is 1.59. The summed E-state index contributed by atoms with van der Waals surface area (Å²) in [4.78, 5) is 2.00. The van der Waals surface area contributed by atoms with Crippen LogP contribution in [0.3, 0.4) is 0 Å². The predicted octanol–water partition coefficient (Wildman–Crippen LogP) is 6.51. The number of hydrogen-bond donors (Lipinski definition) is 1. The van der Waals surface area contributed by atoms with Gasteiger partial charge < -0.3 is 5.11 Å². The lowest BCUT2D eigenvalue weighted by atomic mass is 9.87. The highest BCUT2D eigenvalue weighted by Gasteiger charge is 2.13. The molecule has 0 aliphatic carbocycles. The number of hydrogen-bond acceptors (Lipinski definition) is 2. The zero-order valence-electron chi connectivity index (χ0n) is 14.3. The van der Waals surface area contributed by atoms with Crippen LogP contribution in [0.1, 0.15) is 26.3 Å². The molecule has 0 bridgehead atoms. The van der Waals surface area contributed by atoms with Crippen LogP contribution >= 0.6 is 11.8 Å². The van der Waals surface area contributed by atoms with Crippen LogP contribution in [0.2, 0.25) is 0 Å². The minimum absolute atomic E-state index is 0.151. The van der Waals surface area contributed by atoms with E-state index in [2.05, 4.69) is 57.2 Å². The first-order valence-electron chi connectivity index (χ1n) is 8.10. The maximum atomic E-state index is 10.2. The molecule has 3 rings (SSSR count). The van der Waals surface area contributed by atoms with Gasteiger partial charge in [0.15, 0.2) is 0 Å². The summed E-state index contributed by atoms with van der Waals surface area (Å²) in [5, 5.41) is 10.2. The molecule has 0 unspecified atom stereocenters. The van der Waals surface area contributed by atoms with Crippen molar-refractivity contribution in [2.24, 2.45) is 0 Å². The van der Waals surface area contributed by atoms with Gasteiger partial charge in [0.25, 0.3) is 0 Å². The molecule has 0 aromatic heterocycles. The van der Waals surface area contributed by atoms with Gasteiger partial charge in [-0.2, -0.15) is 0 Å². The predicted molar refractivity (Wildman–Crippen MR) is 103 cm³/mol. The van der Waals surface area contributed by atoms with Crippen LogP contribution in [0.4, 0.5) is 0 Å². The molecule has 3 aromatic carbocycles. The third-order valence-electron chi connectivity index (χ3n) is 4.02. The lowest BCUT2D eigenvalue weighted by molar-refractivity contribution is 0.462. The number of rotatable bonds is 3. The highest BCUT2D eigenvalue weighted by molar-refractivity contribution is 7.99. The van der Waals surface area contributed by atoms with Crippen LogP contribution in [0.25, 0.3) is 11.1 Å². The van der Waals surface area contributed by atoms with Crippen LogP contribution in [0.5, 0.6) is 5.75 Å². The van der Waals surface area contributed by atoms with Gasteiger partial charge in [-0.25, -0.2) is 0 Å². The molecule has 0 fully saturated rings. The maximum Gasteiger partial charge on any atom is 0.129 e. The highest BCUT2D eigenvalue weighted by Crippen LogP contribution is 2.37. The number of aromatic hydroxyl groups is 1. The molecular weight excluding hydrogens is 312 g/mol. The van der Waals surface area contributed by atoms with Gasteiger partial charge in [-0.3, -0.25) is 0 Å². The van der Waals surface area contributed by atoms with Crippen LogP contribution in [0, 0.1) is 0 Å². The van der Waals surface area contributed by atoms with Crippen molar-refractivity contribution in [3.05, 3.63) is 78.4 Å². The van der Waals surface area contributed by atoms with Gasteiger partial charge in [0.05, 0.1) is 4.90 Å². The lowest BCUT2D eigenvalue weighted by Crippen LogP contribution is -2.10. The second-order valence-electron chi connectivity index (χ2n) is 6.92. The molecule has 24 heavy (non-hydrogen) atoms. The minimum atomic E-state index is 0.151. The van der Waals surface area contributed by atoms with Gasteiger partial charge in [0, 0.05) is 4.90 Å². The van der Waals surface area contributed by atoms with Crippen LogP contribution in [0.15, 0.2) is 82.6 Å². The Kier molecular flexibility index (Phi) is 4.68. The Labute approximate surface area is 148 Å². The Morgan fingerprint density at radius 3 is 2.04 bits per heavy atom. The van der Waals surface area contributed by atoms with Crippen LogP contribution in [-0.2, 0) is 5.41 Å². The van der Waals surface area contributed by atoms with Crippen LogP contribution < -0.4 is 0 Å². The number of phenolic OH excluding ortho intramolecular Hbond substituents is 1. The van der Waals surface area contributed by atoms with Crippen molar-refractivity contribution in [3.63, 3.8) is 0 Å². The smallest absolute Gasteiger partial charge is 0.129 e. The molecule has 0 saturated carbocycles. The van der Waals surface area contributed by atoms with Gasteiger partial charge in [-0.1, -0.05) is 81.1 Å². The number of benzene rings is 3. The molecule has 1 N–H and O–H groups in total. The van der Waals surface area contributed by atoms with Crippen molar-refractivity contribution in [1.29, 1.82) is 0 Å². The molecule has 3 aromatic rings. The Bertz CT molecular complexity index is 815. The van der Waals surface area contributed by atoms with E-state index < -0.39 is 0 Å². The molecule has 0 aliphatic rings. The average Bonchev–Trinajstić information content (AvgIpc) is 2.57. The van der Waals surface area contributed by atoms with Gasteiger partial charge in [-0.15, -0.1) is 0 Å². The first kappa shape index (κ1) is 16.7. The summed E-state index contributed by atoms with van der Waals surface area (Å²) in [5.74, 6) is 0.319. The van der Waals surface area contributed by atoms with E-state index in [-0.39, 0.29) is 5.41 Å². The molecule has 0 saturated heterocycles. The van der Waals surface area contributed by atoms with Gasteiger partial charge >= 0.3 is 0 Å². The van der Waals surface area contributed by atoms with Gasteiger partial charge in [0.1, 0.15) is 5.75 Å². The third-order valence-corrected chi connectivity index (χ3v) is 5.07. The molecule has 1 nitrogen and oxygen atoms in total.